The summed E-state index contributed by atoms with van der Waals surface area (Å²) in [5, 5.41) is 7.93. The lowest BCUT2D eigenvalue weighted by Crippen LogP contribution is -2.21. The Kier molecular flexibility index (Phi) is 7.90. The molecule has 2 aromatic carbocycles. The van der Waals surface area contributed by atoms with E-state index >= 15 is 0 Å². The smallest absolute Gasteiger partial charge is 0.197 e. The Labute approximate surface area is 171 Å². The van der Waals surface area contributed by atoms with Gasteiger partial charge in [-0.15, -0.1) is 0 Å². The fourth-order valence-electron chi connectivity index (χ4n) is 3.20. The summed E-state index contributed by atoms with van der Waals surface area (Å²) in [6.07, 6.45) is 2.20. The van der Waals surface area contributed by atoms with Gasteiger partial charge in [0.1, 0.15) is 24.7 Å². The normalized spacial score (nSPS) is 11.2. The summed E-state index contributed by atoms with van der Waals surface area (Å²) in [6.45, 7) is 9.02. The summed E-state index contributed by atoms with van der Waals surface area (Å²) in [6, 6.07) is 11.1. The molecule has 3 rings (SSSR count). The molecule has 0 aliphatic carbocycles. The first kappa shape index (κ1) is 21.1. The molecule has 0 radical (unpaired) electrons. The van der Waals surface area contributed by atoms with Crippen LogP contribution in [0.3, 0.4) is 0 Å². The van der Waals surface area contributed by atoms with Crippen LogP contribution < -0.4 is 25.5 Å². The molecular formula is C23H31N3O3. The third kappa shape index (κ3) is 5.71. The SMILES string of the molecule is CCCNCCOc1ccc2c(=O)c3ccc(OCCNCCC)cc3[nH]c2c1. The van der Waals surface area contributed by atoms with E-state index in [4.69, 9.17) is 9.47 Å². The fourth-order valence-corrected chi connectivity index (χ4v) is 3.20. The number of ether oxygens (including phenoxy) is 2. The van der Waals surface area contributed by atoms with E-state index in [0.717, 1.165) is 61.6 Å². The first-order chi connectivity index (χ1) is 14.2. The van der Waals surface area contributed by atoms with Crippen molar-refractivity contribution >= 4 is 21.8 Å². The second-order valence-corrected chi connectivity index (χ2v) is 7.07. The third-order valence-corrected chi connectivity index (χ3v) is 4.69. The maximum Gasteiger partial charge on any atom is 0.197 e. The number of hydrogen-bond donors (Lipinski definition) is 3. The largest absolute Gasteiger partial charge is 0.492 e. The molecule has 0 saturated heterocycles. The second-order valence-electron chi connectivity index (χ2n) is 7.07. The highest BCUT2D eigenvalue weighted by Crippen LogP contribution is 2.23. The Morgan fingerprint density at radius 3 is 1.69 bits per heavy atom. The molecule has 0 atom stereocenters. The van der Waals surface area contributed by atoms with Crippen LogP contribution in [0.2, 0.25) is 0 Å². The predicted octanol–water partition coefficient (Wildman–Crippen LogP) is 3.44. The molecule has 0 unspecified atom stereocenters. The molecule has 0 fully saturated rings. The Morgan fingerprint density at radius 2 is 1.24 bits per heavy atom. The van der Waals surface area contributed by atoms with E-state index in [1.54, 1.807) is 0 Å². The van der Waals surface area contributed by atoms with E-state index in [1.807, 2.05) is 36.4 Å². The van der Waals surface area contributed by atoms with Crippen LogP contribution in [0.25, 0.3) is 21.8 Å². The molecule has 0 amide bonds. The lowest BCUT2D eigenvalue weighted by molar-refractivity contribution is 0.314. The van der Waals surface area contributed by atoms with E-state index in [1.165, 1.54) is 0 Å². The van der Waals surface area contributed by atoms with Crippen LogP contribution in [-0.4, -0.2) is 44.4 Å². The topological polar surface area (TPSA) is 75.4 Å². The van der Waals surface area contributed by atoms with Gasteiger partial charge < -0.3 is 25.1 Å². The zero-order valence-electron chi connectivity index (χ0n) is 17.3. The summed E-state index contributed by atoms with van der Waals surface area (Å²) < 4.78 is 11.6. The van der Waals surface area contributed by atoms with Crippen molar-refractivity contribution in [2.75, 3.05) is 39.4 Å². The van der Waals surface area contributed by atoms with Crippen molar-refractivity contribution in [3.05, 3.63) is 46.6 Å². The zero-order chi connectivity index (χ0) is 20.5. The molecule has 3 aromatic rings. The van der Waals surface area contributed by atoms with Crippen LogP contribution in [0.5, 0.6) is 11.5 Å². The predicted molar refractivity (Wildman–Crippen MR) is 119 cm³/mol. The average Bonchev–Trinajstić information content (AvgIpc) is 2.73. The van der Waals surface area contributed by atoms with Crippen molar-refractivity contribution in [3.63, 3.8) is 0 Å². The number of rotatable bonds is 12. The van der Waals surface area contributed by atoms with E-state index < -0.39 is 0 Å². The molecule has 29 heavy (non-hydrogen) atoms. The number of benzene rings is 2. The van der Waals surface area contributed by atoms with Gasteiger partial charge in [0.15, 0.2) is 5.43 Å². The van der Waals surface area contributed by atoms with Gasteiger partial charge in [0.2, 0.25) is 0 Å². The molecule has 3 N–H and O–H groups in total. The van der Waals surface area contributed by atoms with Crippen LogP contribution >= 0.6 is 0 Å². The van der Waals surface area contributed by atoms with Gasteiger partial charge in [-0.25, -0.2) is 0 Å². The van der Waals surface area contributed by atoms with Gasteiger partial charge in [0.25, 0.3) is 0 Å². The molecule has 0 bridgehead atoms. The maximum absolute atomic E-state index is 12.9. The molecular weight excluding hydrogens is 366 g/mol. The molecule has 0 spiro atoms. The van der Waals surface area contributed by atoms with E-state index in [0.29, 0.717) is 24.0 Å². The van der Waals surface area contributed by atoms with Gasteiger partial charge >= 0.3 is 0 Å². The highest BCUT2D eigenvalue weighted by Gasteiger charge is 2.08. The number of nitrogens with one attached hydrogen (secondary N) is 3. The summed E-state index contributed by atoms with van der Waals surface area (Å²) in [4.78, 5) is 16.2. The highest BCUT2D eigenvalue weighted by atomic mass is 16.5. The zero-order valence-corrected chi connectivity index (χ0v) is 17.3. The number of fused-ring (bicyclic) bond motifs is 2. The monoisotopic (exact) mass is 397 g/mol. The molecule has 6 nitrogen and oxygen atoms in total. The fraction of sp³-hybridized carbons (Fsp3) is 0.435. The van der Waals surface area contributed by atoms with Crippen molar-refractivity contribution in [2.45, 2.75) is 26.7 Å². The summed E-state index contributed by atoms with van der Waals surface area (Å²) in [5.41, 5.74) is 1.55. The Balaban J connectivity index is 1.75. The van der Waals surface area contributed by atoms with Crippen molar-refractivity contribution in [1.29, 1.82) is 0 Å². The molecule has 6 heteroatoms. The Bertz CT molecular complexity index is 909. The molecule has 0 aliphatic rings. The van der Waals surface area contributed by atoms with Crippen LogP contribution in [-0.2, 0) is 0 Å². The first-order valence-corrected chi connectivity index (χ1v) is 10.5. The van der Waals surface area contributed by atoms with E-state index in [9.17, 15) is 4.79 Å². The molecule has 0 saturated carbocycles. The van der Waals surface area contributed by atoms with Gasteiger partial charge in [-0.2, -0.15) is 0 Å². The minimum atomic E-state index is 0.0149. The minimum absolute atomic E-state index is 0.0149. The van der Waals surface area contributed by atoms with Gasteiger partial charge in [-0.05, 0) is 50.2 Å². The first-order valence-electron chi connectivity index (χ1n) is 10.5. The minimum Gasteiger partial charge on any atom is -0.492 e. The third-order valence-electron chi connectivity index (χ3n) is 4.69. The number of hydrogen-bond acceptors (Lipinski definition) is 5. The maximum atomic E-state index is 12.9. The number of aromatic amines is 1. The number of H-pyrrole nitrogens is 1. The molecule has 0 aliphatic heterocycles. The van der Waals surface area contributed by atoms with Gasteiger partial charge in [0.05, 0.1) is 11.0 Å². The summed E-state index contributed by atoms with van der Waals surface area (Å²) in [7, 11) is 0. The number of aromatic nitrogens is 1. The van der Waals surface area contributed by atoms with Crippen LogP contribution in [0.4, 0.5) is 0 Å². The van der Waals surface area contributed by atoms with Gasteiger partial charge in [-0.3, -0.25) is 4.79 Å². The van der Waals surface area contributed by atoms with E-state index in [-0.39, 0.29) is 5.43 Å². The van der Waals surface area contributed by atoms with Crippen molar-refractivity contribution in [3.8, 4) is 11.5 Å². The molecule has 1 aromatic heterocycles. The lowest BCUT2D eigenvalue weighted by Gasteiger charge is -2.10. The second kappa shape index (κ2) is 10.8. The van der Waals surface area contributed by atoms with Crippen LogP contribution in [0.1, 0.15) is 26.7 Å². The van der Waals surface area contributed by atoms with Crippen LogP contribution in [0.15, 0.2) is 41.2 Å². The average molecular weight is 398 g/mol. The molecule has 156 valence electrons. The van der Waals surface area contributed by atoms with Crippen molar-refractivity contribution in [2.24, 2.45) is 0 Å². The summed E-state index contributed by atoms with van der Waals surface area (Å²) >= 11 is 0. The number of pyridine rings is 1. The highest BCUT2D eigenvalue weighted by molar-refractivity contribution is 5.93. The van der Waals surface area contributed by atoms with Crippen molar-refractivity contribution < 1.29 is 9.47 Å². The summed E-state index contributed by atoms with van der Waals surface area (Å²) in [5.74, 6) is 1.50. The van der Waals surface area contributed by atoms with Gasteiger partial charge in [0, 0.05) is 36.0 Å². The Hall–Kier alpha value is -2.57. The van der Waals surface area contributed by atoms with Crippen LogP contribution in [0, 0.1) is 0 Å². The quantitative estimate of drug-likeness (QED) is 0.322. The van der Waals surface area contributed by atoms with Crippen molar-refractivity contribution in [1.82, 2.24) is 15.6 Å². The standard InChI is InChI=1S/C23H31N3O3/c1-3-9-24-11-13-28-17-5-7-19-21(15-17)26-22-16-18(6-8-20(22)23(19)27)29-14-12-25-10-4-2/h5-8,15-16,24-25H,3-4,9-14H2,1-2H3,(H,26,27). The molecule has 1 heterocycles. The Morgan fingerprint density at radius 1 is 0.759 bits per heavy atom. The van der Waals surface area contributed by atoms with Gasteiger partial charge in [-0.1, -0.05) is 13.8 Å². The van der Waals surface area contributed by atoms with E-state index in [2.05, 4.69) is 29.5 Å². The lowest BCUT2D eigenvalue weighted by atomic mass is 10.1.